The predicted molar refractivity (Wildman–Crippen MR) is 78.4 cm³/mol. The number of hydrogen-bond donors (Lipinski definition) is 1. The maximum atomic E-state index is 12.3. The van der Waals surface area contributed by atoms with Crippen LogP contribution in [0.15, 0.2) is 18.3 Å². The molecule has 5 nitrogen and oxygen atoms in total. The van der Waals surface area contributed by atoms with Crippen molar-refractivity contribution in [1.29, 1.82) is 0 Å². The zero-order chi connectivity index (χ0) is 14.5. The van der Waals surface area contributed by atoms with Gasteiger partial charge in [0.1, 0.15) is 6.10 Å². The fourth-order valence-corrected chi connectivity index (χ4v) is 2.91. The standard InChI is InChI=1S/C16H22N2O3/c19-16(18-13-4-2-1-3-5-13)12-6-8-17-15(10-12)21-14-7-9-20-11-14/h6,8,10,13-14H,1-5,7,9,11H2,(H,18,19)/t14-/m1/s1. The highest BCUT2D eigenvalue weighted by atomic mass is 16.5. The molecule has 0 spiro atoms. The molecular formula is C16H22N2O3. The second-order valence-electron chi connectivity index (χ2n) is 5.79. The zero-order valence-corrected chi connectivity index (χ0v) is 12.2. The monoisotopic (exact) mass is 290 g/mol. The van der Waals surface area contributed by atoms with Gasteiger partial charge in [-0.2, -0.15) is 0 Å². The van der Waals surface area contributed by atoms with Crippen molar-refractivity contribution in [2.45, 2.75) is 50.7 Å². The summed E-state index contributed by atoms with van der Waals surface area (Å²) in [5.41, 5.74) is 0.615. The van der Waals surface area contributed by atoms with Crippen LogP contribution in [-0.2, 0) is 4.74 Å². The van der Waals surface area contributed by atoms with Crippen LogP contribution in [0.5, 0.6) is 5.88 Å². The number of carbonyl (C=O) groups is 1. The Morgan fingerprint density at radius 1 is 1.29 bits per heavy atom. The Labute approximate surface area is 125 Å². The molecule has 3 rings (SSSR count). The van der Waals surface area contributed by atoms with E-state index in [0.29, 0.717) is 24.1 Å². The van der Waals surface area contributed by atoms with E-state index in [1.165, 1.54) is 19.3 Å². The summed E-state index contributed by atoms with van der Waals surface area (Å²) in [6, 6.07) is 3.76. The van der Waals surface area contributed by atoms with Gasteiger partial charge in [0.25, 0.3) is 5.91 Å². The Hall–Kier alpha value is -1.62. The average Bonchev–Trinajstić information content (AvgIpc) is 3.01. The van der Waals surface area contributed by atoms with Crippen LogP contribution >= 0.6 is 0 Å². The lowest BCUT2D eigenvalue weighted by atomic mass is 9.95. The van der Waals surface area contributed by atoms with Gasteiger partial charge in [0.05, 0.1) is 13.2 Å². The molecular weight excluding hydrogens is 268 g/mol. The van der Waals surface area contributed by atoms with Gasteiger partial charge in [-0.05, 0) is 18.9 Å². The molecule has 2 heterocycles. The summed E-state index contributed by atoms with van der Waals surface area (Å²) < 4.78 is 11.0. The van der Waals surface area contributed by atoms with Crippen LogP contribution in [0.25, 0.3) is 0 Å². The Balaban J connectivity index is 1.59. The van der Waals surface area contributed by atoms with E-state index in [1.807, 2.05) is 0 Å². The van der Waals surface area contributed by atoms with E-state index >= 15 is 0 Å². The molecule has 1 amide bonds. The fourth-order valence-electron chi connectivity index (χ4n) is 2.91. The van der Waals surface area contributed by atoms with Crippen molar-refractivity contribution >= 4 is 5.91 Å². The van der Waals surface area contributed by atoms with Crippen LogP contribution in [0.2, 0.25) is 0 Å². The maximum absolute atomic E-state index is 12.3. The van der Waals surface area contributed by atoms with Gasteiger partial charge in [-0.25, -0.2) is 4.98 Å². The molecule has 1 aromatic heterocycles. The van der Waals surface area contributed by atoms with Gasteiger partial charge in [0.2, 0.25) is 5.88 Å². The third kappa shape index (κ3) is 3.94. The van der Waals surface area contributed by atoms with E-state index in [4.69, 9.17) is 9.47 Å². The predicted octanol–water partition coefficient (Wildman–Crippen LogP) is 2.31. The van der Waals surface area contributed by atoms with Crippen molar-refractivity contribution in [3.05, 3.63) is 23.9 Å². The van der Waals surface area contributed by atoms with Crippen molar-refractivity contribution in [3.63, 3.8) is 0 Å². The molecule has 0 bridgehead atoms. The van der Waals surface area contributed by atoms with Gasteiger partial charge in [-0.1, -0.05) is 19.3 Å². The molecule has 1 atom stereocenters. The van der Waals surface area contributed by atoms with Crippen LogP contribution in [0.4, 0.5) is 0 Å². The topological polar surface area (TPSA) is 60.5 Å². The summed E-state index contributed by atoms with van der Waals surface area (Å²) in [5, 5.41) is 3.11. The number of rotatable bonds is 4. The van der Waals surface area contributed by atoms with Crippen LogP contribution in [0.1, 0.15) is 48.9 Å². The van der Waals surface area contributed by atoms with E-state index in [-0.39, 0.29) is 12.0 Å². The van der Waals surface area contributed by atoms with Gasteiger partial charge in [0.15, 0.2) is 0 Å². The molecule has 1 aromatic rings. The van der Waals surface area contributed by atoms with Crippen molar-refractivity contribution in [1.82, 2.24) is 10.3 Å². The lowest BCUT2D eigenvalue weighted by Gasteiger charge is -2.22. The minimum atomic E-state index is -0.0307. The molecule has 1 N–H and O–H groups in total. The van der Waals surface area contributed by atoms with E-state index in [1.54, 1.807) is 18.3 Å². The smallest absolute Gasteiger partial charge is 0.251 e. The number of nitrogens with zero attached hydrogens (tertiary/aromatic N) is 1. The van der Waals surface area contributed by atoms with Crippen molar-refractivity contribution in [2.75, 3.05) is 13.2 Å². The van der Waals surface area contributed by atoms with Crippen LogP contribution < -0.4 is 10.1 Å². The third-order valence-corrected chi connectivity index (χ3v) is 4.11. The molecule has 0 radical (unpaired) electrons. The van der Waals surface area contributed by atoms with E-state index in [0.717, 1.165) is 25.9 Å². The van der Waals surface area contributed by atoms with Crippen LogP contribution in [-0.4, -0.2) is 36.3 Å². The Bertz CT molecular complexity index is 480. The van der Waals surface area contributed by atoms with E-state index in [2.05, 4.69) is 10.3 Å². The maximum Gasteiger partial charge on any atom is 0.251 e. The summed E-state index contributed by atoms with van der Waals surface area (Å²) in [6.45, 7) is 1.33. The molecule has 0 unspecified atom stereocenters. The number of carbonyl (C=O) groups excluding carboxylic acids is 1. The minimum Gasteiger partial charge on any atom is -0.472 e. The molecule has 1 aliphatic heterocycles. The van der Waals surface area contributed by atoms with E-state index in [9.17, 15) is 4.79 Å². The summed E-state index contributed by atoms with van der Waals surface area (Å²) in [5.74, 6) is 0.471. The molecule has 114 valence electrons. The fraction of sp³-hybridized carbons (Fsp3) is 0.625. The van der Waals surface area contributed by atoms with Gasteiger partial charge < -0.3 is 14.8 Å². The third-order valence-electron chi connectivity index (χ3n) is 4.11. The molecule has 21 heavy (non-hydrogen) atoms. The first kappa shape index (κ1) is 14.3. The number of pyridine rings is 1. The first-order valence-corrected chi connectivity index (χ1v) is 7.82. The number of hydrogen-bond acceptors (Lipinski definition) is 4. The highest BCUT2D eigenvalue weighted by molar-refractivity contribution is 5.94. The van der Waals surface area contributed by atoms with E-state index < -0.39 is 0 Å². The average molecular weight is 290 g/mol. The van der Waals surface area contributed by atoms with Crippen molar-refractivity contribution in [2.24, 2.45) is 0 Å². The van der Waals surface area contributed by atoms with Gasteiger partial charge in [0, 0.05) is 30.3 Å². The second-order valence-corrected chi connectivity index (χ2v) is 5.79. The summed E-state index contributed by atoms with van der Waals surface area (Å²) in [6.07, 6.45) is 8.41. The summed E-state index contributed by atoms with van der Waals surface area (Å²) in [7, 11) is 0. The quantitative estimate of drug-likeness (QED) is 0.924. The summed E-state index contributed by atoms with van der Waals surface area (Å²) >= 11 is 0. The number of aromatic nitrogens is 1. The first-order chi connectivity index (χ1) is 10.3. The van der Waals surface area contributed by atoms with Gasteiger partial charge >= 0.3 is 0 Å². The Kier molecular flexibility index (Phi) is 4.70. The normalized spacial score (nSPS) is 23.0. The molecule has 5 heteroatoms. The van der Waals surface area contributed by atoms with Gasteiger partial charge in [-0.3, -0.25) is 4.79 Å². The van der Waals surface area contributed by atoms with Crippen molar-refractivity contribution in [3.8, 4) is 5.88 Å². The van der Waals surface area contributed by atoms with Crippen LogP contribution in [0.3, 0.4) is 0 Å². The molecule has 2 fully saturated rings. The minimum absolute atomic E-state index is 0.0307. The lowest BCUT2D eigenvalue weighted by Crippen LogP contribution is -2.36. The number of nitrogens with one attached hydrogen (secondary N) is 1. The highest BCUT2D eigenvalue weighted by Gasteiger charge is 2.20. The lowest BCUT2D eigenvalue weighted by molar-refractivity contribution is 0.0926. The Morgan fingerprint density at radius 3 is 2.90 bits per heavy atom. The van der Waals surface area contributed by atoms with Crippen LogP contribution in [0, 0.1) is 0 Å². The zero-order valence-electron chi connectivity index (χ0n) is 12.2. The second kappa shape index (κ2) is 6.89. The van der Waals surface area contributed by atoms with Gasteiger partial charge in [-0.15, -0.1) is 0 Å². The number of ether oxygens (including phenoxy) is 2. The Morgan fingerprint density at radius 2 is 2.14 bits per heavy atom. The molecule has 1 aliphatic carbocycles. The van der Waals surface area contributed by atoms with Crippen molar-refractivity contribution < 1.29 is 14.3 Å². The number of amides is 1. The molecule has 1 saturated heterocycles. The highest BCUT2D eigenvalue weighted by Crippen LogP contribution is 2.19. The molecule has 0 aromatic carbocycles. The largest absolute Gasteiger partial charge is 0.472 e. The summed E-state index contributed by atoms with van der Waals surface area (Å²) in [4.78, 5) is 16.5. The SMILES string of the molecule is O=C(NC1CCCCC1)c1ccnc(O[C@@H]2CCOC2)c1. The molecule has 1 saturated carbocycles. The first-order valence-electron chi connectivity index (χ1n) is 7.82. The molecule has 2 aliphatic rings.